The Bertz CT molecular complexity index is 150. The fourth-order valence-electron chi connectivity index (χ4n) is 2.85. The zero-order chi connectivity index (χ0) is 13.6. The first-order valence-corrected chi connectivity index (χ1v) is 8.70. The fourth-order valence-corrected chi connectivity index (χ4v) is 2.85. The lowest BCUT2D eigenvalue weighted by Crippen LogP contribution is -1.95. The smallest absolute Gasteiger partial charge is 0.0443 e. The van der Waals surface area contributed by atoms with Crippen LogP contribution in [0.4, 0.5) is 0 Å². The third-order valence-electron chi connectivity index (χ3n) is 4.23. The van der Waals surface area contributed by atoms with Crippen molar-refractivity contribution in [3.63, 3.8) is 0 Å². The number of hydrogen-bond acceptors (Lipinski definition) is 0. The van der Waals surface area contributed by atoms with Crippen LogP contribution >= 0.6 is 0 Å². The van der Waals surface area contributed by atoms with Crippen LogP contribution in [0.15, 0.2) is 0 Å². The van der Waals surface area contributed by atoms with E-state index in [1.165, 1.54) is 77.0 Å². The monoisotopic (exact) mass is 254 g/mol. The maximum atomic E-state index is 2.43. The lowest BCUT2D eigenvalue weighted by molar-refractivity contribution is 0.428. The van der Waals surface area contributed by atoms with Gasteiger partial charge in [-0.15, -0.1) is 0 Å². The molecule has 0 aliphatic rings. The van der Waals surface area contributed by atoms with Crippen LogP contribution < -0.4 is 0 Å². The summed E-state index contributed by atoms with van der Waals surface area (Å²) in [7, 11) is 0. The second-order valence-corrected chi connectivity index (χ2v) is 6.49. The predicted octanol–water partition coefficient (Wildman–Crippen LogP) is 6.98. The van der Waals surface area contributed by atoms with Gasteiger partial charge in [-0.25, -0.2) is 0 Å². The van der Waals surface area contributed by atoms with Gasteiger partial charge in [0.1, 0.15) is 0 Å². The molecule has 0 aromatic heterocycles. The molecule has 0 bridgehead atoms. The van der Waals surface area contributed by atoms with E-state index in [2.05, 4.69) is 27.7 Å². The van der Waals surface area contributed by atoms with Crippen molar-refractivity contribution in [2.24, 2.45) is 11.8 Å². The summed E-state index contributed by atoms with van der Waals surface area (Å²) in [4.78, 5) is 0. The molecule has 0 saturated carbocycles. The zero-order valence-electron chi connectivity index (χ0n) is 13.6. The molecule has 0 heteroatoms. The van der Waals surface area contributed by atoms with Crippen LogP contribution in [0.25, 0.3) is 0 Å². The molecule has 0 fully saturated rings. The summed E-state index contributed by atoms with van der Waals surface area (Å²) >= 11 is 0. The van der Waals surface area contributed by atoms with Gasteiger partial charge in [0.25, 0.3) is 0 Å². The molecule has 110 valence electrons. The van der Waals surface area contributed by atoms with Crippen molar-refractivity contribution >= 4 is 0 Å². The van der Waals surface area contributed by atoms with Gasteiger partial charge < -0.3 is 0 Å². The van der Waals surface area contributed by atoms with Gasteiger partial charge in [-0.2, -0.15) is 0 Å². The summed E-state index contributed by atoms with van der Waals surface area (Å²) in [6.07, 6.45) is 17.3. The predicted molar refractivity (Wildman–Crippen MR) is 85.1 cm³/mol. The highest BCUT2D eigenvalue weighted by Crippen LogP contribution is 2.18. The van der Waals surface area contributed by atoms with Gasteiger partial charge in [-0.1, -0.05) is 105 Å². The second-order valence-electron chi connectivity index (χ2n) is 6.49. The minimum atomic E-state index is 0.962. The van der Waals surface area contributed by atoms with Gasteiger partial charge in [0.05, 0.1) is 0 Å². The maximum Gasteiger partial charge on any atom is -0.0443 e. The van der Waals surface area contributed by atoms with Crippen molar-refractivity contribution in [2.45, 2.75) is 105 Å². The van der Waals surface area contributed by atoms with E-state index in [0.29, 0.717) is 0 Å². The molecule has 18 heavy (non-hydrogen) atoms. The molecule has 2 atom stereocenters. The van der Waals surface area contributed by atoms with Gasteiger partial charge in [0, 0.05) is 0 Å². The maximum absolute atomic E-state index is 2.43. The summed E-state index contributed by atoms with van der Waals surface area (Å²) < 4.78 is 0. The van der Waals surface area contributed by atoms with Crippen LogP contribution in [0.2, 0.25) is 0 Å². The molecular weight excluding hydrogens is 216 g/mol. The number of rotatable bonds is 13. The zero-order valence-corrected chi connectivity index (χ0v) is 13.6. The molecule has 0 nitrogen and oxygen atoms in total. The Morgan fingerprint density at radius 3 is 1.44 bits per heavy atom. The number of hydrogen-bond donors (Lipinski definition) is 0. The first-order chi connectivity index (χ1) is 8.70. The summed E-state index contributed by atoms with van der Waals surface area (Å²) in [5.41, 5.74) is 0. The molecule has 0 amide bonds. The van der Waals surface area contributed by atoms with Gasteiger partial charge >= 0.3 is 0 Å². The molecule has 0 aliphatic carbocycles. The normalized spacial score (nSPS) is 14.7. The van der Waals surface area contributed by atoms with Crippen LogP contribution in [0.3, 0.4) is 0 Å². The molecule has 0 N–H and O–H groups in total. The summed E-state index contributed by atoms with van der Waals surface area (Å²) in [5.74, 6) is 1.93. The Labute approximate surface area is 117 Å². The molecule has 0 radical (unpaired) electrons. The first kappa shape index (κ1) is 18.0. The highest BCUT2D eigenvalue weighted by Gasteiger charge is 2.02. The van der Waals surface area contributed by atoms with E-state index in [1.807, 2.05) is 0 Å². The van der Waals surface area contributed by atoms with Crippen molar-refractivity contribution in [3.8, 4) is 0 Å². The van der Waals surface area contributed by atoms with E-state index in [0.717, 1.165) is 11.8 Å². The van der Waals surface area contributed by atoms with Crippen molar-refractivity contribution in [2.75, 3.05) is 0 Å². The van der Waals surface area contributed by atoms with Crippen LogP contribution in [0.1, 0.15) is 105 Å². The molecule has 0 spiro atoms. The molecule has 0 saturated heterocycles. The van der Waals surface area contributed by atoms with Gasteiger partial charge in [-0.3, -0.25) is 0 Å². The summed E-state index contributed by atoms with van der Waals surface area (Å²) in [6.45, 7) is 9.45. The molecule has 2 unspecified atom stereocenters. The van der Waals surface area contributed by atoms with Crippen LogP contribution in [0.5, 0.6) is 0 Å². The van der Waals surface area contributed by atoms with Crippen molar-refractivity contribution in [1.82, 2.24) is 0 Å². The van der Waals surface area contributed by atoms with E-state index >= 15 is 0 Å². The quantitative estimate of drug-likeness (QED) is 0.311. The largest absolute Gasteiger partial charge is 0.0654 e. The Balaban J connectivity index is 3.15. The van der Waals surface area contributed by atoms with Crippen LogP contribution in [-0.2, 0) is 0 Å². The van der Waals surface area contributed by atoms with Gasteiger partial charge in [0.2, 0.25) is 0 Å². The minimum absolute atomic E-state index is 0.962. The van der Waals surface area contributed by atoms with E-state index in [1.54, 1.807) is 0 Å². The Morgan fingerprint density at radius 2 is 0.944 bits per heavy atom. The minimum Gasteiger partial charge on any atom is -0.0654 e. The highest BCUT2D eigenvalue weighted by atomic mass is 14.1. The fraction of sp³-hybridized carbons (Fsp3) is 1.00. The molecule has 0 rings (SSSR count). The van der Waals surface area contributed by atoms with Crippen LogP contribution in [0, 0.1) is 11.8 Å². The summed E-state index contributed by atoms with van der Waals surface area (Å²) in [5, 5.41) is 0. The molecule has 0 aromatic rings. The topological polar surface area (TPSA) is 0 Å². The SMILES string of the molecule is CCCCC(C)CCCCCCCC(C)CCC. The third kappa shape index (κ3) is 12.5. The Kier molecular flexibility index (Phi) is 13.4. The van der Waals surface area contributed by atoms with Crippen molar-refractivity contribution in [1.29, 1.82) is 0 Å². The Hall–Kier alpha value is 0. The van der Waals surface area contributed by atoms with Gasteiger partial charge in [-0.05, 0) is 11.8 Å². The lowest BCUT2D eigenvalue weighted by atomic mass is 9.95. The van der Waals surface area contributed by atoms with E-state index in [4.69, 9.17) is 0 Å². The molecule has 0 aliphatic heterocycles. The Morgan fingerprint density at radius 1 is 0.500 bits per heavy atom. The first-order valence-electron chi connectivity index (χ1n) is 8.70. The lowest BCUT2D eigenvalue weighted by Gasteiger charge is -2.11. The highest BCUT2D eigenvalue weighted by molar-refractivity contribution is 4.56. The molecule has 0 aromatic carbocycles. The summed E-state index contributed by atoms with van der Waals surface area (Å²) in [6, 6.07) is 0. The third-order valence-corrected chi connectivity index (χ3v) is 4.23. The average molecular weight is 255 g/mol. The molecular formula is C18H38. The molecule has 0 heterocycles. The average Bonchev–Trinajstić information content (AvgIpc) is 2.35. The standard InChI is InChI=1S/C18H38/c1-5-7-14-18(4)16-12-10-8-9-11-15-17(3)13-6-2/h17-18H,5-16H2,1-4H3. The van der Waals surface area contributed by atoms with Crippen molar-refractivity contribution in [3.05, 3.63) is 0 Å². The van der Waals surface area contributed by atoms with Gasteiger partial charge in [0.15, 0.2) is 0 Å². The van der Waals surface area contributed by atoms with E-state index < -0.39 is 0 Å². The van der Waals surface area contributed by atoms with Crippen molar-refractivity contribution < 1.29 is 0 Å². The second kappa shape index (κ2) is 13.4. The van der Waals surface area contributed by atoms with E-state index in [9.17, 15) is 0 Å². The van der Waals surface area contributed by atoms with Crippen LogP contribution in [-0.4, -0.2) is 0 Å². The number of unbranched alkanes of at least 4 members (excludes halogenated alkanes) is 5. The van der Waals surface area contributed by atoms with E-state index in [-0.39, 0.29) is 0 Å².